The van der Waals surface area contributed by atoms with E-state index in [1.54, 1.807) is 6.07 Å². The Morgan fingerprint density at radius 1 is 1.47 bits per heavy atom. The Kier molecular flexibility index (Phi) is 4.74. The van der Waals surface area contributed by atoms with Gasteiger partial charge in [-0.2, -0.15) is 0 Å². The molecular formula is C12H17BrFN. The van der Waals surface area contributed by atoms with Gasteiger partial charge < -0.3 is 0 Å². The quantitative estimate of drug-likeness (QED) is 0.761. The van der Waals surface area contributed by atoms with Crippen molar-refractivity contribution in [2.24, 2.45) is 0 Å². The van der Waals surface area contributed by atoms with Gasteiger partial charge in [-0.05, 0) is 44.2 Å². The molecule has 1 atom stereocenters. The molecule has 0 heterocycles. The van der Waals surface area contributed by atoms with E-state index in [-0.39, 0.29) is 5.82 Å². The lowest BCUT2D eigenvalue weighted by atomic mass is 10.1. The minimum Gasteiger partial charge on any atom is -0.299 e. The predicted molar refractivity (Wildman–Crippen MR) is 65.9 cm³/mol. The van der Waals surface area contributed by atoms with Crippen molar-refractivity contribution in [3.05, 3.63) is 35.1 Å². The molecule has 0 bridgehead atoms. The summed E-state index contributed by atoms with van der Waals surface area (Å²) in [6.07, 6.45) is 0. The molecular weight excluding hydrogens is 257 g/mol. The Hall–Kier alpha value is -0.410. The third-order valence-electron chi connectivity index (χ3n) is 2.70. The Labute approximate surface area is 99.4 Å². The van der Waals surface area contributed by atoms with Gasteiger partial charge in [0.05, 0.1) is 0 Å². The zero-order valence-electron chi connectivity index (χ0n) is 9.43. The molecule has 3 heteroatoms. The number of hydrogen-bond acceptors (Lipinski definition) is 1. The number of nitrogens with zero attached hydrogens (tertiary/aromatic N) is 1. The molecule has 0 fully saturated rings. The van der Waals surface area contributed by atoms with Crippen molar-refractivity contribution in [3.8, 4) is 0 Å². The molecule has 15 heavy (non-hydrogen) atoms. The molecule has 1 aromatic carbocycles. The van der Waals surface area contributed by atoms with Crippen LogP contribution in [0, 0.1) is 12.7 Å². The summed E-state index contributed by atoms with van der Waals surface area (Å²) in [6.45, 7) is 4.97. The summed E-state index contributed by atoms with van der Waals surface area (Å²) in [7, 11) is 2.08. The zero-order valence-corrected chi connectivity index (χ0v) is 11.0. The summed E-state index contributed by atoms with van der Waals surface area (Å²) in [5, 5.41) is 0.948. The Morgan fingerprint density at radius 3 is 2.67 bits per heavy atom. The maximum Gasteiger partial charge on any atom is 0.123 e. The van der Waals surface area contributed by atoms with Crippen LogP contribution < -0.4 is 0 Å². The van der Waals surface area contributed by atoms with E-state index >= 15 is 0 Å². The standard InChI is InChI=1S/C12H17BrFN/c1-9-6-12(14)5-4-11(9)8-15(3)10(2)7-13/h4-6,10H,7-8H2,1-3H3. The molecule has 0 N–H and O–H groups in total. The summed E-state index contributed by atoms with van der Waals surface area (Å²) >= 11 is 3.46. The Morgan fingerprint density at radius 2 is 2.13 bits per heavy atom. The molecule has 0 saturated heterocycles. The molecule has 0 saturated carbocycles. The summed E-state index contributed by atoms with van der Waals surface area (Å²) < 4.78 is 12.9. The molecule has 0 radical (unpaired) electrons. The molecule has 0 aromatic heterocycles. The number of aryl methyl sites for hydroxylation is 1. The van der Waals surface area contributed by atoms with Gasteiger partial charge in [0, 0.05) is 17.9 Å². The van der Waals surface area contributed by atoms with Crippen LogP contribution in [0.15, 0.2) is 18.2 Å². The lowest BCUT2D eigenvalue weighted by Gasteiger charge is -2.23. The molecule has 84 valence electrons. The van der Waals surface area contributed by atoms with E-state index in [9.17, 15) is 4.39 Å². The van der Waals surface area contributed by atoms with Crippen LogP contribution in [0.3, 0.4) is 0 Å². The van der Waals surface area contributed by atoms with E-state index in [0.717, 1.165) is 17.4 Å². The smallest absolute Gasteiger partial charge is 0.123 e. The molecule has 1 unspecified atom stereocenters. The Balaban J connectivity index is 2.72. The third-order valence-corrected chi connectivity index (χ3v) is 3.64. The highest BCUT2D eigenvalue weighted by atomic mass is 79.9. The summed E-state index contributed by atoms with van der Waals surface area (Å²) in [4.78, 5) is 2.25. The van der Waals surface area contributed by atoms with E-state index in [0.29, 0.717) is 6.04 Å². The van der Waals surface area contributed by atoms with Gasteiger partial charge in [-0.25, -0.2) is 4.39 Å². The van der Waals surface area contributed by atoms with Gasteiger partial charge in [-0.15, -0.1) is 0 Å². The SMILES string of the molecule is Cc1cc(F)ccc1CN(C)C(C)CBr. The molecule has 0 aliphatic heterocycles. The minimum atomic E-state index is -0.160. The van der Waals surface area contributed by atoms with Crippen LogP contribution >= 0.6 is 15.9 Å². The first-order chi connectivity index (χ1) is 7.04. The topological polar surface area (TPSA) is 3.24 Å². The summed E-state index contributed by atoms with van der Waals surface area (Å²) in [6, 6.07) is 5.45. The van der Waals surface area contributed by atoms with Crippen LogP contribution in [0.2, 0.25) is 0 Å². The fraction of sp³-hybridized carbons (Fsp3) is 0.500. The van der Waals surface area contributed by atoms with Crippen LogP contribution in [0.4, 0.5) is 4.39 Å². The second kappa shape index (κ2) is 5.61. The van der Waals surface area contributed by atoms with Crippen molar-refractivity contribution < 1.29 is 4.39 Å². The van der Waals surface area contributed by atoms with Gasteiger partial charge in [0.2, 0.25) is 0 Å². The van der Waals surface area contributed by atoms with E-state index in [1.807, 2.05) is 13.0 Å². The van der Waals surface area contributed by atoms with Crippen LogP contribution in [0.5, 0.6) is 0 Å². The van der Waals surface area contributed by atoms with Gasteiger partial charge in [-0.1, -0.05) is 22.0 Å². The van der Waals surface area contributed by atoms with E-state index in [2.05, 4.69) is 34.8 Å². The normalized spacial score (nSPS) is 13.2. The van der Waals surface area contributed by atoms with Crippen molar-refractivity contribution in [2.75, 3.05) is 12.4 Å². The fourth-order valence-corrected chi connectivity index (χ4v) is 1.87. The maximum absolute atomic E-state index is 12.9. The average Bonchev–Trinajstić information content (AvgIpc) is 2.20. The van der Waals surface area contributed by atoms with Crippen molar-refractivity contribution in [3.63, 3.8) is 0 Å². The number of halogens is 2. The number of benzene rings is 1. The van der Waals surface area contributed by atoms with E-state index in [4.69, 9.17) is 0 Å². The average molecular weight is 274 g/mol. The summed E-state index contributed by atoms with van der Waals surface area (Å²) in [5.74, 6) is -0.160. The molecule has 0 aliphatic carbocycles. The van der Waals surface area contributed by atoms with Crippen molar-refractivity contribution in [2.45, 2.75) is 26.4 Å². The van der Waals surface area contributed by atoms with Crippen LogP contribution in [0.25, 0.3) is 0 Å². The van der Waals surface area contributed by atoms with Crippen LogP contribution in [-0.4, -0.2) is 23.3 Å². The number of alkyl halides is 1. The largest absolute Gasteiger partial charge is 0.299 e. The highest BCUT2D eigenvalue weighted by Crippen LogP contribution is 2.13. The highest BCUT2D eigenvalue weighted by molar-refractivity contribution is 9.09. The molecule has 1 nitrogen and oxygen atoms in total. The molecule has 1 rings (SSSR count). The van der Waals surface area contributed by atoms with E-state index < -0.39 is 0 Å². The van der Waals surface area contributed by atoms with Crippen LogP contribution in [-0.2, 0) is 6.54 Å². The Bertz CT molecular complexity index is 327. The minimum absolute atomic E-state index is 0.160. The maximum atomic E-state index is 12.9. The predicted octanol–water partition coefficient (Wildman–Crippen LogP) is 3.35. The first kappa shape index (κ1) is 12.7. The van der Waals surface area contributed by atoms with Gasteiger partial charge in [-0.3, -0.25) is 4.90 Å². The van der Waals surface area contributed by atoms with Crippen molar-refractivity contribution in [1.82, 2.24) is 4.90 Å². The van der Waals surface area contributed by atoms with Gasteiger partial charge in [0.25, 0.3) is 0 Å². The van der Waals surface area contributed by atoms with Gasteiger partial charge in [0.15, 0.2) is 0 Å². The monoisotopic (exact) mass is 273 g/mol. The van der Waals surface area contributed by atoms with Gasteiger partial charge in [0.1, 0.15) is 5.82 Å². The highest BCUT2D eigenvalue weighted by Gasteiger charge is 2.09. The number of hydrogen-bond donors (Lipinski definition) is 0. The third kappa shape index (κ3) is 3.58. The lowest BCUT2D eigenvalue weighted by Crippen LogP contribution is -2.29. The second-order valence-electron chi connectivity index (χ2n) is 3.99. The van der Waals surface area contributed by atoms with Crippen molar-refractivity contribution in [1.29, 1.82) is 0 Å². The van der Waals surface area contributed by atoms with E-state index in [1.165, 1.54) is 11.6 Å². The molecule has 1 aromatic rings. The number of rotatable bonds is 4. The van der Waals surface area contributed by atoms with Crippen LogP contribution in [0.1, 0.15) is 18.1 Å². The fourth-order valence-electron chi connectivity index (χ4n) is 1.38. The molecule has 0 spiro atoms. The lowest BCUT2D eigenvalue weighted by molar-refractivity contribution is 0.270. The zero-order chi connectivity index (χ0) is 11.4. The second-order valence-corrected chi connectivity index (χ2v) is 4.64. The molecule has 0 amide bonds. The van der Waals surface area contributed by atoms with Gasteiger partial charge >= 0.3 is 0 Å². The first-order valence-electron chi connectivity index (χ1n) is 5.06. The first-order valence-corrected chi connectivity index (χ1v) is 6.18. The summed E-state index contributed by atoms with van der Waals surface area (Å²) in [5.41, 5.74) is 2.20. The molecule has 0 aliphatic rings. The van der Waals surface area contributed by atoms with Crippen molar-refractivity contribution >= 4 is 15.9 Å².